The van der Waals surface area contributed by atoms with Gasteiger partial charge >= 0.3 is 0 Å². The number of amides is 2. The summed E-state index contributed by atoms with van der Waals surface area (Å²) in [6, 6.07) is 7.78. The van der Waals surface area contributed by atoms with Crippen molar-refractivity contribution in [1.29, 1.82) is 0 Å². The summed E-state index contributed by atoms with van der Waals surface area (Å²) >= 11 is 0. The average Bonchev–Trinajstić information content (AvgIpc) is 3.14. The molecule has 0 bridgehead atoms. The van der Waals surface area contributed by atoms with Crippen molar-refractivity contribution in [2.24, 2.45) is 5.92 Å². The van der Waals surface area contributed by atoms with Crippen molar-refractivity contribution in [3.05, 3.63) is 48.2 Å². The molecule has 2 heterocycles. The minimum atomic E-state index is -0.172. The number of fused-ring (bicyclic) bond motifs is 4. The largest absolute Gasteiger partial charge is 0.350 e. The predicted molar refractivity (Wildman–Crippen MR) is 119 cm³/mol. The highest BCUT2D eigenvalue weighted by Crippen LogP contribution is 2.44. The van der Waals surface area contributed by atoms with Crippen molar-refractivity contribution in [1.82, 2.24) is 15.2 Å². The van der Waals surface area contributed by atoms with Crippen LogP contribution in [0.5, 0.6) is 0 Å². The normalized spacial score (nSPS) is 24.2. The van der Waals surface area contributed by atoms with Crippen LogP contribution < -0.4 is 10.6 Å². The van der Waals surface area contributed by atoms with Crippen LogP contribution in [0.3, 0.4) is 0 Å². The Morgan fingerprint density at radius 3 is 2.74 bits per heavy atom. The Bertz CT molecular complexity index is 1080. The summed E-state index contributed by atoms with van der Waals surface area (Å²) in [6.07, 6.45) is 8.98. The first kappa shape index (κ1) is 20.0. The molecule has 2 saturated carbocycles. The molecular weight excluding hydrogens is 390 g/mol. The van der Waals surface area contributed by atoms with Gasteiger partial charge in [0.15, 0.2) is 5.78 Å². The van der Waals surface area contributed by atoms with Gasteiger partial charge in [0.1, 0.15) is 5.69 Å². The molecule has 1 aromatic carbocycles. The van der Waals surface area contributed by atoms with Gasteiger partial charge in [-0.25, -0.2) is 0 Å². The van der Waals surface area contributed by atoms with Gasteiger partial charge in [-0.1, -0.05) is 31.6 Å². The van der Waals surface area contributed by atoms with Crippen LogP contribution in [0, 0.1) is 5.92 Å². The Morgan fingerprint density at radius 1 is 1.19 bits per heavy atom. The Balaban J connectivity index is 1.43. The second-order valence-electron chi connectivity index (χ2n) is 9.39. The molecule has 6 nitrogen and oxygen atoms in total. The number of benzene rings is 1. The number of aromatic nitrogens is 1. The van der Waals surface area contributed by atoms with Gasteiger partial charge in [-0.05, 0) is 56.2 Å². The molecule has 1 aromatic heterocycles. The van der Waals surface area contributed by atoms with Crippen LogP contribution in [0.1, 0.15) is 72.2 Å². The molecule has 2 aliphatic carbocycles. The minimum Gasteiger partial charge on any atom is -0.350 e. The number of Topliss-reactive ketones (excluding diaryl/α,β-unsaturated/α-hetero) is 1. The Kier molecular flexibility index (Phi) is 4.95. The third-order valence-electron chi connectivity index (χ3n) is 7.57. The van der Waals surface area contributed by atoms with Gasteiger partial charge in [0.05, 0.1) is 5.54 Å². The molecule has 162 valence electrons. The summed E-state index contributed by atoms with van der Waals surface area (Å²) in [7, 11) is 0. The van der Waals surface area contributed by atoms with E-state index >= 15 is 0 Å². The van der Waals surface area contributed by atoms with Gasteiger partial charge in [-0.3, -0.25) is 14.4 Å². The molecule has 2 atom stereocenters. The second kappa shape index (κ2) is 7.66. The second-order valence-corrected chi connectivity index (χ2v) is 9.39. The highest BCUT2D eigenvalue weighted by atomic mass is 16.2. The Labute approximate surface area is 182 Å². The Morgan fingerprint density at radius 2 is 2.00 bits per heavy atom. The predicted octanol–water partition coefficient (Wildman–Crippen LogP) is 3.70. The summed E-state index contributed by atoms with van der Waals surface area (Å²) in [5.74, 6) is 0.0372. The molecule has 2 fully saturated rings. The molecular formula is C25H29N3O3. The van der Waals surface area contributed by atoms with Crippen molar-refractivity contribution >= 4 is 28.5 Å². The summed E-state index contributed by atoms with van der Waals surface area (Å²) in [5, 5.41) is 7.06. The number of hydrogen-bond acceptors (Lipinski definition) is 3. The van der Waals surface area contributed by atoms with Crippen molar-refractivity contribution < 1.29 is 14.4 Å². The maximum absolute atomic E-state index is 13.2. The lowest BCUT2D eigenvalue weighted by molar-refractivity contribution is -0.117. The summed E-state index contributed by atoms with van der Waals surface area (Å²) in [6.45, 7) is 4.20. The van der Waals surface area contributed by atoms with Crippen LogP contribution >= 0.6 is 0 Å². The van der Waals surface area contributed by atoms with Crippen LogP contribution in [0.25, 0.3) is 10.9 Å². The van der Waals surface area contributed by atoms with E-state index in [1.807, 2.05) is 24.3 Å². The monoisotopic (exact) mass is 419 g/mol. The number of nitrogens with one attached hydrogen (secondary N) is 2. The van der Waals surface area contributed by atoms with Crippen LogP contribution in [0.4, 0.5) is 0 Å². The van der Waals surface area contributed by atoms with Crippen LogP contribution in [-0.4, -0.2) is 34.8 Å². The fraction of sp³-hybridized carbons (Fsp3) is 0.480. The summed E-state index contributed by atoms with van der Waals surface area (Å²) in [4.78, 5) is 37.5. The maximum Gasteiger partial charge on any atom is 0.268 e. The lowest BCUT2D eigenvalue weighted by atomic mass is 9.75. The quantitative estimate of drug-likeness (QED) is 0.573. The van der Waals surface area contributed by atoms with E-state index in [1.54, 1.807) is 0 Å². The minimum absolute atomic E-state index is 0.0231. The van der Waals surface area contributed by atoms with E-state index in [0.29, 0.717) is 24.2 Å². The Hall–Kier alpha value is -2.89. The zero-order valence-corrected chi connectivity index (χ0v) is 17.8. The molecule has 0 saturated heterocycles. The maximum atomic E-state index is 13.2. The molecule has 1 aliphatic heterocycles. The SMILES string of the molecule is C=CC(=O)NC1CCCCC1CC(=O)c1ccc2cc3n(c2c1)C1(CCC1)CNC3=O. The molecule has 0 radical (unpaired) electrons. The fourth-order valence-corrected chi connectivity index (χ4v) is 5.69. The van der Waals surface area contributed by atoms with Gasteiger partial charge in [0, 0.05) is 35.5 Å². The molecule has 31 heavy (non-hydrogen) atoms. The number of ketones is 1. The van der Waals surface area contributed by atoms with Crippen LogP contribution in [0.2, 0.25) is 0 Å². The topological polar surface area (TPSA) is 80.2 Å². The zero-order valence-electron chi connectivity index (χ0n) is 17.8. The van der Waals surface area contributed by atoms with Crippen molar-refractivity contribution in [2.45, 2.75) is 62.9 Å². The van der Waals surface area contributed by atoms with Crippen LogP contribution in [-0.2, 0) is 10.3 Å². The molecule has 2 N–H and O–H groups in total. The van der Waals surface area contributed by atoms with E-state index in [4.69, 9.17) is 0 Å². The van der Waals surface area contributed by atoms with E-state index in [2.05, 4.69) is 21.8 Å². The number of carbonyl (C=O) groups is 3. The smallest absolute Gasteiger partial charge is 0.268 e. The summed E-state index contributed by atoms with van der Waals surface area (Å²) in [5.41, 5.74) is 2.32. The molecule has 2 unspecified atom stereocenters. The molecule has 6 heteroatoms. The third kappa shape index (κ3) is 3.38. The van der Waals surface area contributed by atoms with Crippen molar-refractivity contribution in [2.75, 3.05) is 6.54 Å². The molecule has 5 rings (SSSR count). The molecule has 3 aliphatic rings. The number of nitrogens with zero attached hydrogens (tertiary/aromatic N) is 1. The number of rotatable bonds is 5. The van der Waals surface area contributed by atoms with E-state index < -0.39 is 0 Å². The lowest BCUT2D eigenvalue weighted by Gasteiger charge is -2.47. The van der Waals surface area contributed by atoms with E-state index in [-0.39, 0.29) is 35.1 Å². The zero-order chi connectivity index (χ0) is 21.6. The summed E-state index contributed by atoms with van der Waals surface area (Å²) < 4.78 is 2.19. The van der Waals surface area contributed by atoms with E-state index in [9.17, 15) is 14.4 Å². The van der Waals surface area contributed by atoms with Gasteiger partial charge in [0.2, 0.25) is 5.91 Å². The highest BCUT2D eigenvalue weighted by molar-refractivity contribution is 6.03. The highest BCUT2D eigenvalue weighted by Gasteiger charge is 2.44. The lowest BCUT2D eigenvalue weighted by Crippen LogP contribution is -2.55. The molecule has 2 aromatic rings. The average molecular weight is 420 g/mol. The number of carbonyl (C=O) groups excluding carboxylic acids is 3. The van der Waals surface area contributed by atoms with Gasteiger partial charge in [-0.15, -0.1) is 0 Å². The molecule has 1 spiro atoms. The van der Waals surface area contributed by atoms with Gasteiger partial charge < -0.3 is 15.2 Å². The van der Waals surface area contributed by atoms with Gasteiger partial charge in [-0.2, -0.15) is 0 Å². The fourth-order valence-electron chi connectivity index (χ4n) is 5.69. The third-order valence-corrected chi connectivity index (χ3v) is 7.57. The first-order valence-corrected chi connectivity index (χ1v) is 11.4. The van der Waals surface area contributed by atoms with E-state index in [0.717, 1.165) is 55.8 Å². The first-order valence-electron chi connectivity index (χ1n) is 11.4. The van der Waals surface area contributed by atoms with E-state index in [1.165, 1.54) is 6.08 Å². The van der Waals surface area contributed by atoms with Crippen molar-refractivity contribution in [3.8, 4) is 0 Å². The van der Waals surface area contributed by atoms with Crippen LogP contribution in [0.15, 0.2) is 36.9 Å². The first-order chi connectivity index (χ1) is 15.0. The standard InChI is InChI=1S/C25H29N3O3/c1-2-23(30)27-19-7-4-3-6-16(19)14-22(29)18-9-8-17-12-21-24(31)26-15-25(10-5-11-25)28(21)20(17)13-18/h2,8-9,12-13,16,19H,1,3-7,10-11,14-15H2,(H,26,31)(H,27,30). The van der Waals surface area contributed by atoms with Crippen molar-refractivity contribution in [3.63, 3.8) is 0 Å². The number of hydrogen-bond donors (Lipinski definition) is 2. The van der Waals surface area contributed by atoms with Gasteiger partial charge in [0.25, 0.3) is 5.91 Å². The molecule has 2 amide bonds.